The van der Waals surface area contributed by atoms with Crippen LogP contribution in [0.4, 0.5) is 0 Å². The number of hydrogen-bond donors (Lipinski definition) is 2. The molecule has 5 nitrogen and oxygen atoms in total. The van der Waals surface area contributed by atoms with E-state index in [4.69, 9.17) is 9.47 Å². The second kappa shape index (κ2) is 8.82. The molecule has 0 spiro atoms. The molecule has 1 unspecified atom stereocenters. The average Bonchev–Trinajstić information content (AvgIpc) is 3.38. The van der Waals surface area contributed by atoms with Crippen molar-refractivity contribution in [1.82, 2.24) is 10.3 Å². The molecule has 0 saturated carbocycles. The van der Waals surface area contributed by atoms with E-state index in [2.05, 4.69) is 49.3 Å². The van der Waals surface area contributed by atoms with E-state index in [9.17, 15) is 4.79 Å². The van der Waals surface area contributed by atoms with E-state index < -0.39 is 0 Å². The van der Waals surface area contributed by atoms with Gasteiger partial charge in [0.2, 0.25) is 12.7 Å². The van der Waals surface area contributed by atoms with Crippen LogP contribution < -0.4 is 14.8 Å². The van der Waals surface area contributed by atoms with Crippen LogP contribution in [0.2, 0.25) is 0 Å². The largest absolute Gasteiger partial charge is 0.454 e. The lowest BCUT2D eigenvalue weighted by Gasteiger charge is -2.19. The molecule has 5 heteroatoms. The number of nitrogens with one attached hydrogen (secondary N) is 2. The van der Waals surface area contributed by atoms with Crippen LogP contribution >= 0.6 is 0 Å². The first-order chi connectivity index (χ1) is 14.6. The Balaban J connectivity index is 1.72. The summed E-state index contributed by atoms with van der Waals surface area (Å²) in [5.74, 6) is 1.98. The fourth-order valence-corrected chi connectivity index (χ4v) is 4.19. The van der Waals surface area contributed by atoms with Crippen molar-refractivity contribution >= 4 is 16.8 Å². The Morgan fingerprint density at radius 2 is 1.97 bits per heavy atom. The maximum atomic E-state index is 12.9. The van der Waals surface area contributed by atoms with Crippen LogP contribution in [0, 0.1) is 5.92 Å². The molecular formula is C25H30N2O3. The van der Waals surface area contributed by atoms with Gasteiger partial charge in [0.25, 0.3) is 0 Å². The number of ether oxygens (including phenoxy) is 2. The summed E-state index contributed by atoms with van der Waals surface area (Å²) in [7, 11) is 0. The Kier molecular flexibility index (Phi) is 5.98. The van der Waals surface area contributed by atoms with E-state index in [-0.39, 0.29) is 18.6 Å². The Labute approximate surface area is 177 Å². The second-order valence-electron chi connectivity index (χ2n) is 8.31. The summed E-state index contributed by atoms with van der Waals surface area (Å²) in [4.78, 5) is 16.3. The van der Waals surface area contributed by atoms with Crippen LogP contribution in [0.25, 0.3) is 10.9 Å². The second-order valence-corrected chi connectivity index (χ2v) is 8.31. The van der Waals surface area contributed by atoms with E-state index in [0.29, 0.717) is 18.9 Å². The van der Waals surface area contributed by atoms with Gasteiger partial charge in [-0.25, -0.2) is 0 Å². The molecule has 2 aromatic carbocycles. The summed E-state index contributed by atoms with van der Waals surface area (Å²) < 4.78 is 11.4. The van der Waals surface area contributed by atoms with Crippen molar-refractivity contribution in [2.24, 2.45) is 5.92 Å². The lowest BCUT2D eigenvalue weighted by molar-refractivity contribution is -0.121. The van der Waals surface area contributed by atoms with Gasteiger partial charge in [0.1, 0.15) is 0 Å². The van der Waals surface area contributed by atoms with Crippen molar-refractivity contribution in [3.63, 3.8) is 0 Å². The Hall–Kier alpha value is -2.95. The number of rotatable bonds is 8. The number of aromatic amines is 1. The summed E-state index contributed by atoms with van der Waals surface area (Å²) in [6.45, 7) is 7.40. The van der Waals surface area contributed by atoms with Gasteiger partial charge in [-0.05, 0) is 36.0 Å². The highest BCUT2D eigenvalue weighted by atomic mass is 16.7. The zero-order valence-electron chi connectivity index (χ0n) is 18.0. The fraction of sp³-hybridized carbons (Fsp3) is 0.400. The van der Waals surface area contributed by atoms with E-state index in [1.54, 1.807) is 0 Å². The number of carbonyl (C=O) groups excluding carboxylic acids is 1. The van der Waals surface area contributed by atoms with Crippen LogP contribution in [-0.4, -0.2) is 24.2 Å². The topological polar surface area (TPSA) is 63.4 Å². The number of amides is 1. The van der Waals surface area contributed by atoms with Gasteiger partial charge in [0.05, 0.1) is 0 Å². The lowest BCUT2D eigenvalue weighted by atomic mass is 9.86. The highest BCUT2D eigenvalue weighted by Crippen LogP contribution is 2.44. The van der Waals surface area contributed by atoms with Crippen molar-refractivity contribution in [1.29, 1.82) is 0 Å². The van der Waals surface area contributed by atoms with Gasteiger partial charge in [-0.15, -0.1) is 0 Å². The van der Waals surface area contributed by atoms with Crippen LogP contribution in [-0.2, 0) is 11.2 Å². The van der Waals surface area contributed by atoms with Crippen molar-refractivity contribution in [2.75, 3.05) is 13.3 Å². The first kappa shape index (κ1) is 20.3. The monoisotopic (exact) mass is 406 g/mol. The summed E-state index contributed by atoms with van der Waals surface area (Å²) in [5.41, 5.74) is 4.52. The molecule has 1 amide bonds. The predicted octanol–water partition coefficient (Wildman–Crippen LogP) is 5.14. The summed E-state index contributed by atoms with van der Waals surface area (Å²) in [5, 5.41) is 4.25. The lowest BCUT2D eigenvalue weighted by Crippen LogP contribution is -2.27. The quantitative estimate of drug-likeness (QED) is 0.544. The normalized spacial score (nSPS) is 13.7. The molecular weight excluding hydrogens is 376 g/mol. The van der Waals surface area contributed by atoms with Crippen LogP contribution in [0.15, 0.2) is 42.6 Å². The SMILES string of the molecule is CCc1cccc2c(C(CC(=O)NCCC(C)C)c3cccc4c3OCO4)c[nH]c12. The van der Waals surface area contributed by atoms with Gasteiger partial charge in [0, 0.05) is 41.5 Å². The molecule has 1 aliphatic rings. The van der Waals surface area contributed by atoms with Crippen LogP contribution in [0.3, 0.4) is 0 Å². The minimum Gasteiger partial charge on any atom is -0.454 e. The minimum absolute atomic E-state index is 0.0539. The number of benzene rings is 2. The van der Waals surface area contributed by atoms with E-state index in [1.165, 1.54) is 5.56 Å². The molecule has 4 rings (SSSR count). The van der Waals surface area contributed by atoms with E-state index in [0.717, 1.165) is 46.4 Å². The third-order valence-corrected chi connectivity index (χ3v) is 5.83. The number of hydrogen-bond acceptors (Lipinski definition) is 3. The van der Waals surface area contributed by atoms with Gasteiger partial charge in [-0.2, -0.15) is 0 Å². The number of fused-ring (bicyclic) bond motifs is 2. The average molecular weight is 407 g/mol. The van der Waals surface area contributed by atoms with E-state index in [1.807, 2.05) is 24.4 Å². The van der Waals surface area contributed by atoms with Crippen molar-refractivity contribution < 1.29 is 14.3 Å². The van der Waals surface area contributed by atoms with Crippen LogP contribution in [0.1, 0.15) is 56.2 Å². The minimum atomic E-state index is -0.124. The summed E-state index contributed by atoms with van der Waals surface area (Å²) in [6.07, 6.45) is 4.34. The summed E-state index contributed by atoms with van der Waals surface area (Å²) >= 11 is 0. The zero-order valence-corrected chi connectivity index (χ0v) is 18.0. The maximum Gasteiger partial charge on any atom is 0.231 e. The van der Waals surface area contributed by atoms with Gasteiger partial charge in [0.15, 0.2) is 11.5 Å². The Morgan fingerprint density at radius 1 is 1.13 bits per heavy atom. The Bertz CT molecular complexity index is 1040. The standard InChI is InChI=1S/C25H30N2O3/c1-4-17-7-5-8-18-21(14-27-24(17)18)20(13-23(28)26-12-11-16(2)3)19-9-6-10-22-25(19)30-15-29-22/h5-10,14,16,20,27H,4,11-13,15H2,1-3H3,(H,26,28). The molecule has 1 aliphatic heterocycles. The molecule has 0 radical (unpaired) electrons. The molecule has 3 aromatic rings. The molecule has 0 saturated heterocycles. The molecule has 0 bridgehead atoms. The smallest absolute Gasteiger partial charge is 0.231 e. The molecule has 1 atom stereocenters. The summed E-state index contributed by atoms with van der Waals surface area (Å²) in [6, 6.07) is 12.3. The highest BCUT2D eigenvalue weighted by molar-refractivity contribution is 5.88. The van der Waals surface area contributed by atoms with Gasteiger partial charge >= 0.3 is 0 Å². The first-order valence-electron chi connectivity index (χ1n) is 10.8. The number of para-hydroxylation sites is 2. The van der Waals surface area contributed by atoms with Crippen molar-refractivity contribution in [3.8, 4) is 11.5 Å². The molecule has 158 valence electrons. The van der Waals surface area contributed by atoms with Crippen molar-refractivity contribution in [2.45, 2.75) is 46.0 Å². The molecule has 0 aliphatic carbocycles. The predicted molar refractivity (Wildman–Crippen MR) is 119 cm³/mol. The third kappa shape index (κ3) is 4.02. The van der Waals surface area contributed by atoms with Gasteiger partial charge < -0.3 is 19.8 Å². The maximum absolute atomic E-state index is 12.9. The molecule has 1 aromatic heterocycles. The number of H-pyrrole nitrogens is 1. The first-order valence-corrected chi connectivity index (χ1v) is 10.8. The zero-order chi connectivity index (χ0) is 21.1. The Morgan fingerprint density at radius 3 is 2.77 bits per heavy atom. The van der Waals surface area contributed by atoms with Gasteiger partial charge in [-0.3, -0.25) is 4.79 Å². The third-order valence-electron chi connectivity index (χ3n) is 5.83. The molecule has 2 heterocycles. The molecule has 0 fully saturated rings. The number of carbonyl (C=O) groups is 1. The molecule has 30 heavy (non-hydrogen) atoms. The van der Waals surface area contributed by atoms with Crippen LogP contribution in [0.5, 0.6) is 11.5 Å². The number of aromatic nitrogens is 1. The van der Waals surface area contributed by atoms with Crippen molar-refractivity contribution in [3.05, 3.63) is 59.3 Å². The van der Waals surface area contributed by atoms with E-state index >= 15 is 0 Å². The van der Waals surface area contributed by atoms with Gasteiger partial charge in [-0.1, -0.05) is 51.1 Å². The molecule has 2 N–H and O–H groups in total. The number of aryl methyl sites for hydroxylation is 1. The highest BCUT2D eigenvalue weighted by Gasteiger charge is 2.28. The fourth-order valence-electron chi connectivity index (χ4n) is 4.19.